The Balaban J connectivity index is 0.919. The van der Waals surface area contributed by atoms with Crippen LogP contribution < -0.4 is 17.7 Å². The van der Waals surface area contributed by atoms with Crippen LogP contribution in [0.3, 0.4) is 0 Å². The molecule has 4 nitrogen and oxygen atoms in total. The average molecular weight is 1840 g/mol. The van der Waals surface area contributed by atoms with Gasteiger partial charge in [-0.15, -0.1) is 0 Å². The van der Waals surface area contributed by atoms with Crippen LogP contribution in [0.5, 0.6) is 23.0 Å². The van der Waals surface area contributed by atoms with Gasteiger partial charge in [-0.25, -0.2) is 0 Å². The fourth-order valence-electron chi connectivity index (χ4n) is 25.7. The van der Waals surface area contributed by atoms with Crippen molar-refractivity contribution in [1.82, 2.24) is 0 Å². The number of halogens is 2. The van der Waals surface area contributed by atoms with E-state index < -0.39 is 76.8 Å². The molecule has 8 atom stereocenters. The van der Waals surface area contributed by atoms with Gasteiger partial charge in [0.2, 0.25) is 0 Å². The Hall–Kier alpha value is -7.40. The first-order chi connectivity index (χ1) is 57.5. The van der Waals surface area contributed by atoms with E-state index in [1.807, 2.05) is 0 Å². The van der Waals surface area contributed by atoms with Crippen molar-refractivity contribution in [2.75, 3.05) is 0 Å². The van der Waals surface area contributed by atoms with Crippen molar-refractivity contribution in [2.24, 2.45) is 0 Å². The fourth-order valence-corrected chi connectivity index (χ4v) is 154. The van der Waals surface area contributed by atoms with Gasteiger partial charge in [0.15, 0.2) is 0 Å². The Bertz CT molecular complexity index is 5760. The first-order valence-corrected chi connectivity index (χ1v) is 72.8. The van der Waals surface area contributed by atoms with Crippen molar-refractivity contribution in [2.45, 2.75) is 231 Å². The van der Waals surface area contributed by atoms with E-state index >= 15 is 0 Å². The van der Waals surface area contributed by atoms with Crippen molar-refractivity contribution in [3.63, 3.8) is 0 Å². The third-order valence-corrected chi connectivity index (χ3v) is 137. The Morgan fingerprint density at radius 3 is 0.667 bits per heavy atom. The zero-order valence-corrected chi connectivity index (χ0v) is 88.0. The zero-order chi connectivity index (χ0) is 88.0. The van der Waals surface area contributed by atoms with Crippen LogP contribution in [0.1, 0.15) is 157 Å². The number of benzene rings is 8. The second-order valence-corrected chi connectivity index (χ2v) is 103. The van der Waals surface area contributed by atoms with E-state index in [4.69, 9.17) is 17.7 Å². The van der Waals surface area contributed by atoms with Gasteiger partial charge >= 0.3 is 598 Å². The zero-order valence-electron chi connectivity index (χ0n) is 77.8. The van der Waals surface area contributed by atoms with Gasteiger partial charge in [-0.2, -0.15) is 0 Å². The molecule has 2 heterocycles. The topological polar surface area (TPSA) is 36.9 Å². The molecular weight excluding hydrogens is 1720 g/mol. The molecule has 8 aliphatic carbocycles. The standard InChI is InChI=1S/2C55H64O2Si3.2ClH.Zr/c2*1-36-30-50-46(42-24-22-40-34-44(28-26-38(40)32-42)56-59(10,11)54(3,4)5)18-14-16-20-48(50)52(36)58(9)53-37(2)31-51-47(19-15-17-21-49(51)53)43-25-23-41-35-45(29-27-39(41)33-43)57-60(12,13)55(6,7)8;;;/h2*14-35,46-47,58H,1-13H3;2*1H;/q;;;;+2/p-2. The molecule has 18 rings (SSSR count). The van der Waals surface area contributed by atoms with E-state index in [9.17, 15) is 17.0 Å². The number of fused-ring (bicyclic) bond motifs is 12. The normalized spacial score (nSPS) is 27.9. The van der Waals surface area contributed by atoms with Crippen LogP contribution >= 0.6 is 17.0 Å². The molecule has 123 heavy (non-hydrogen) atoms. The summed E-state index contributed by atoms with van der Waals surface area (Å²) >= 11 is -7.91. The van der Waals surface area contributed by atoms with Crippen molar-refractivity contribution >= 4 is 111 Å². The Morgan fingerprint density at radius 2 is 0.472 bits per heavy atom. The molecule has 10 aliphatic rings. The van der Waals surface area contributed by atoms with E-state index in [1.165, 1.54) is 132 Å². The first-order valence-electron chi connectivity index (χ1n) is 45.3. The molecule has 0 saturated carbocycles. The van der Waals surface area contributed by atoms with Gasteiger partial charge < -0.3 is 0 Å². The second-order valence-electron chi connectivity index (χ2n) is 44.4. The van der Waals surface area contributed by atoms with Gasteiger partial charge in [0.1, 0.15) is 0 Å². The summed E-state index contributed by atoms with van der Waals surface area (Å²) in [4.78, 5) is 0. The molecule has 8 aromatic carbocycles. The van der Waals surface area contributed by atoms with Crippen molar-refractivity contribution in [1.29, 1.82) is 0 Å². The number of hydrogen-bond donors (Lipinski definition) is 0. The summed E-state index contributed by atoms with van der Waals surface area (Å²) in [6.07, 6.45) is 49.9. The third-order valence-electron chi connectivity index (χ3n) is 34.6. The van der Waals surface area contributed by atoms with Gasteiger partial charge in [0, 0.05) is 0 Å². The minimum absolute atomic E-state index is 0.0565. The van der Waals surface area contributed by atoms with Gasteiger partial charge in [-0.05, 0) is 72.5 Å². The number of rotatable bonds is 12. The van der Waals surface area contributed by atoms with Gasteiger partial charge in [0.25, 0.3) is 0 Å². The fraction of sp³-hybridized carbons (Fsp3) is 0.345. The van der Waals surface area contributed by atoms with Crippen LogP contribution in [0.2, 0.25) is 96.6 Å². The molecule has 5 spiro atoms. The maximum atomic E-state index is 11.8. The molecule has 2 fully saturated rings. The summed E-state index contributed by atoms with van der Waals surface area (Å²) < 4.78 is 24.8. The van der Waals surface area contributed by atoms with Crippen LogP contribution in [0, 0.1) is 0 Å². The van der Waals surface area contributed by atoms with Gasteiger partial charge in [0.05, 0.1) is 0 Å². The molecule has 2 saturated heterocycles. The summed E-state index contributed by atoms with van der Waals surface area (Å²) in [5, 5.41) is 9.70. The van der Waals surface area contributed by atoms with E-state index in [0.717, 1.165) is 23.0 Å². The monoisotopic (exact) mass is 1840 g/mol. The van der Waals surface area contributed by atoms with Crippen molar-refractivity contribution < 1.29 is 32.6 Å². The van der Waals surface area contributed by atoms with E-state index in [0.29, 0.717) is 0 Å². The molecule has 2 aliphatic heterocycles. The summed E-state index contributed by atoms with van der Waals surface area (Å²) in [5.74, 6) is 3.24. The molecule has 0 bridgehead atoms. The van der Waals surface area contributed by atoms with Crippen LogP contribution in [0.4, 0.5) is 0 Å². The van der Waals surface area contributed by atoms with E-state index in [2.05, 4.69) is 443 Å². The molecule has 0 N–H and O–H groups in total. The van der Waals surface area contributed by atoms with Gasteiger partial charge in [-0.3, -0.25) is 0 Å². The SMILES string of the molecule is CC1=CC2=C(C=CC=CC2c2ccc3cc(O[Si](C)(C)C(C)(C)C)ccc3c2)[C]12[SiH](C)[C]1(C(C)=CC3=C1C=CC=CC3c1ccc3cc(O[Si](C)(C)C(C)(C)C)ccc3c1)[Zr]21([Cl])([Cl])[C]2(C(C)=CC3=C2C=CC=CC3c2ccc3cc(O[Si](C)(C)C(C)(C)C)ccc3c2)[SiH](C)[C]12C(C)=CC1=C2C=CC=CC1c1ccc2cc(O[Si](C)(C)C(C)(C)C)ccc2c1. The minimum atomic E-state index is -7.91. The Labute approximate surface area is 747 Å². The van der Waals surface area contributed by atoms with Crippen molar-refractivity contribution in [3.05, 3.63) is 356 Å². The third kappa shape index (κ3) is 11.2. The molecule has 8 unspecified atom stereocenters. The summed E-state index contributed by atoms with van der Waals surface area (Å²) in [6.45, 7) is 62.3. The average Bonchev–Trinajstić information content (AvgIpc) is 1.51. The number of allylic oxidation sites excluding steroid dienone is 32. The Morgan fingerprint density at radius 1 is 0.285 bits per heavy atom. The van der Waals surface area contributed by atoms with Crippen LogP contribution in [0.15, 0.2) is 334 Å². The molecule has 634 valence electrons. The summed E-state index contributed by atoms with van der Waals surface area (Å²) in [7, 11) is 9.68. The summed E-state index contributed by atoms with van der Waals surface area (Å²) in [6, 6.07) is 56.0. The molecular formula is C110H128Cl2O4Si6Zr. The second kappa shape index (κ2) is 28.1. The van der Waals surface area contributed by atoms with Crippen LogP contribution in [-0.2, 0) is 14.9 Å². The van der Waals surface area contributed by atoms with E-state index in [-0.39, 0.29) is 43.8 Å². The van der Waals surface area contributed by atoms with Crippen LogP contribution in [-0.4, -0.2) is 50.9 Å². The van der Waals surface area contributed by atoms with Gasteiger partial charge in [-0.1, -0.05) is 83.1 Å². The Kier molecular flexibility index (Phi) is 19.7. The van der Waals surface area contributed by atoms with E-state index in [1.54, 1.807) is 0 Å². The summed E-state index contributed by atoms with van der Waals surface area (Å²) in [5.41, 5.74) is 21.1. The molecule has 0 amide bonds. The molecule has 0 aromatic heterocycles. The maximum absolute atomic E-state index is 11.8. The first kappa shape index (κ1) is 86.3. The number of hydrogen-bond acceptors (Lipinski definition) is 4. The quantitative estimate of drug-likeness (QED) is 0.114. The molecule has 13 heteroatoms. The van der Waals surface area contributed by atoms with Crippen LogP contribution in [0.25, 0.3) is 43.1 Å². The predicted octanol–water partition coefficient (Wildman–Crippen LogP) is 32.9. The molecule has 8 aromatic rings. The predicted molar refractivity (Wildman–Crippen MR) is 543 cm³/mol. The van der Waals surface area contributed by atoms with Crippen molar-refractivity contribution in [3.8, 4) is 23.0 Å². The molecule has 0 radical (unpaired) electrons.